The van der Waals surface area contributed by atoms with E-state index in [1.165, 1.54) is 12.5 Å². The zero-order valence-electron chi connectivity index (χ0n) is 11.7. The highest BCUT2D eigenvalue weighted by molar-refractivity contribution is 6.33. The van der Waals surface area contributed by atoms with Gasteiger partial charge in [0.25, 0.3) is 0 Å². The van der Waals surface area contributed by atoms with E-state index >= 15 is 0 Å². The minimum atomic E-state index is -0.496. The van der Waals surface area contributed by atoms with Crippen molar-refractivity contribution >= 4 is 15.7 Å². The number of carbonyl (C=O) groups is 1. The third kappa shape index (κ3) is 4.35. The SMILES string of the molecule is CCOC(=O)C(C(OCC)OCC)N1CCC[SiH2]1. The topological polar surface area (TPSA) is 48.0 Å². The van der Waals surface area contributed by atoms with Crippen molar-refractivity contribution < 1.29 is 19.0 Å². The summed E-state index contributed by atoms with van der Waals surface area (Å²) in [7, 11) is -0.354. The zero-order valence-corrected chi connectivity index (χ0v) is 13.1. The molecule has 0 spiro atoms. The molecule has 106 valence electrons. The molecular weight excluding hydrogens is 250 g/mol. The van der Waals surface area contributed by atoms with E-state index in [0.29, 0.717) is 19.8 Å². The molecule has 1 aliphatic rings. The van der Waals surface area contributed by atoms with E-state index in [-0.39, 0.29) is 21.7 Å². The lowest BCUT2D eigenvalue weighted by Gasteiger charge is -2.32. The van der Waals surface area contributed by atoms with Gasteiger partial charge in [0.05, 0.1) is 16.3 Å². The average molecular weight is 275 g/mol. The number of nitrogens with zero attached hydrogens (tertiary/aromatic N) is 1. The summed E-state index contributed by atoms with van der Waals surface area (Å²) in [5.74, 6) is -0.209. The quantitative estimate of drug-likeness (QED) is 0.367. The van der Waals surface area contributed by atoms with E-state index in [4.69, 9.17) is 14.2 Å². The molecule has 1 aliphatic heterocycles. The van der Waals surface area contributed by atoms with Crippen LogP contribution in [-0.4, -0.2) is 58.9 Å². The molecule has 0 bridgehead atoms. The first-order valence-corrected chi connectivity index (χ1v) is 8.51. The standard InChI is InChI=1S/C12H25NO4Si/c1-4-15-11(14)10(13-8-7-9-18-13)12(16-5-2)17-6-3/h10,12H,4-9,18H2,1-3H3. The van der Waals surface area contributed by atoms with E-state index in [9.17, 15) is 4.79 Å². The molecule has 0 saturated carbocycles. The second-order valence-corrected chi connectivity index (χ2v) is 6.19. The van der Waals surface area contributed by atoms with Crippen LogP contribution in [0.1, 0.15) is 27.2 Å². The average Bonchev–Trinajstić information content (AvgIpc) is 2.84. The molecule has 1 rings (SSSR count). The second-order valence-electron chi connectivity index (χ2n) is 4.22. The number of esters is 1. The molecule has 18 heavy (non-hydrogen) atoms. The molecule has 1 fully saturated rings. The number of rotatable bonds is 8. The summed E-state index contributed by atoms with van der Waals surface area (Å²) in [4.78, 5) is 12.1. The second kappa shape index (κ2) is 8.63. The molecular formula is C12H25NO4Si. The summed E-state index contributed by atoms with van der Waals surface area (Å²) in [6.07, 6.45) is 0.678. The molecule has 0 aromatic rings. The predicted molar refractivity (Wildman–Crippen MR) is 72.1 cm³/mol. The normalized spacial score (nSPS) is 19.6. The highest BCUT2D eigenvalue weighted by Crippen LogP contribution is 2.17. The van der Waals surface area contributed by atoms with Crippen LogP contribution in [0, 0.1) is 0 Å². The van der Waals surface area contributed by atoms with E-state index < -0.39 is 6.29 Å². The minimum absolute atomic E-state index is 0.209. The molecule has 6 heteroatoms. The van der Waals surface area contributed by atoms with Gasteiger partial charge < -0.3 is 18.8 Å². The Morgan fingerprint density at radius 3 is 2.33 bits per heavy atom. The Hall–Kier alpha value is -0.433. The molecule has 1 atom stereocenters. The van der Waals surface area contributed by atoms with E-state index in [0.717, 1.165) is 6.54 Å². The molecule has 1 heterocycles. The molecule has 0 amide bonds. The van der Waals surface area contributed by atoms with Crippen molar-refractivity contribution in [1.82, 2.24) is 4.57 Å². The molecule has 0 radical (unpaired) electrons. The number of carbonyl (C=O) groups excluding carboxylic acids is 1. The van der Waals surface area contributed by atoms with Crippen LogP contribution in [0.3, 0.4) is 0 Å². The van der Waals surface area contributed by atoms with Crippen molar-refractivity contribution in [3.8, 4) is 0 Å². The van der Waals surface area contributed by atoms with Gasteiger partial charge >= 0.3 is 5.97 Å². The number of ether oxygens (including phenoxy) is 3. The smallest absolute Gasteiger partial charge is 0.328 e. The van der Waals surface area contributed by atoms with E-state index in [1.54, 1.807) is 0 Å². The van der Waals surface area contributed by atoms with Gasteiger partial charge in [0.15, 0.2) is 12.3 Å². The molecule has 0 N–H and O–H groups in total. The van der Waals surface area contributed by atoms with Crippen LogP contribution in [0.2, 0.25) is 6.04 Å². The summed E-state index contributed by atoms with van der Waals surface area (Å²) in [5, 5.41) is 0. The van der Waals surface area contributed by atoms with Gasteiger partial charge in [-0.2, -0.15) is 0 Å². The van der Waals surface area contributed by atoms with Crippen LogP contribution in [0.15, 0.2) is 0 Å². The maximum atomic E-state index is 12.1. The number of hydrogen-bond donors (Lipinski definition) is 0. The lowest BCUT2D eigenvalue weighted by atomic mass is 10.2. The van der Waals surface area contributed by atoms with Crippen LogP contribution in [0.25, 0.3) is 0 Å². The van der Waals surface area contributed by atoms with Crippen molar-refractivity contribution in [1.29, 1.82) is 0 Å². The van der Waals surface area contributed by atoms with Crippen LogP contribution in [-0.2, 0) is 19.0 Å². The Balaban J connectivity index is 2.74. The van der Waals surface area contributed by atoms with Gasteiger partial charge in [-0.05, 0) is 39.8 Å². The van der Waals surface area contributed by atoms with Crippen LogP contribution in [0.4, 0.5) is 0 Å². The molecule has 1 saturated heterocycles. The lowest BCUT2D eigenvalue weighted by Crippen LogP contribution is -2.51. The van der Waals surface area contributed by atoms with Crippen LogP contribution >= 0.6 is 0 Å². The first-order chi connectivity index (χ1) is 8.74. The third-order valence-corrected chi connectivity index (χ3v) is 5.08. The molecule has 0 aromatic carbocycles. The first-order valence-electron chi connectivity index (χ1n) is 6.88. The molecule has 0 aromatic heterocycles. The van der Waals surface area contributed by atoms with Crippen molar-refractivity contribution in [3.05, 3.63) is 0 Å². The number of hydrogen-bond acceptors (Lipinski definition) is 5. The Labute approximate surface area is 112 Å². The fraction of sp³-hybridized carbons (Fsp3) is 0.917. The van der Waals surface area contributed by atoms with Crippen molar-refractivity contribution in [2.45, 2.75) is 45.6 Å². The van der Waals surface area contributed by atoms with Gasteiger partial charge in [0.1, 0.15) is 0 Å². The largest absolute Gasteiger partial charge is 0.465 e. The fourth-order valence-corrected chi connectivity index (χ4v) is 4.14. The fourth-order valence-electron chi connectivity index (χ4n) is 2.24. The molecule has 0 aliphatic carbocycles. The maximum Gasteiger partial charge on any atom is 0.328 e. The highest BCUT2D eigenvalue weighted by atomic mass is 28.2. The van der Waals surface area contributed by atoms with Crippen LogP contribution < -0.4 is 0 Å². The summed E-state index contributed by atoms with van der Waals surface area (Å²) in [6.45, 7) is 8.09. The van der Waals surface area contributed by atoms with Crippen LogP contribution in [0.5, 0.6) is 0 Å². The summed E-state index contributed by atoms with van der Waals surface area (Å²) < 4.78 is 18.6. The Morgan fingerprint density at radius 1 is 1.22 bits per heavy atom. The van der Waals surface area contributed by atoms with E-state index in [2.05, 4.69) is 4.57 Å². The zero-order chi connectivity index (χ0) is 13.4. The van der Waals surface area contributed by atoms with Gasteiger partial charge in [-0.1, -0.05) is 0 Å². The van der Waals surface area contributed by atoms with Gasteiger partial charge in [0, 0.05) is 13.2 Å². The minimum Gasteiger partial charge on any atom is -0.465 e. The summed E-state index contributed by atoms with van der Waals surface area (Å²) >= 11 is 0. The van der Waals surface area contributed by atoms with Gasteiger partial charge in [-0.15, -0.1) is 0 Å². The molecule has 5 nitrogen and oxygen atoms in total. The first kappa shape index (κ1) is 15.6. The van der Waals surface area contributed by atoms with Crippen molar-refractivity contribution in [2.24, 2.45) is 0 Å². The van der Waals surface area contributed by atoms with Crippen molar-refractivity contribution in [3.63, 3.8) is 0 Å². The molecule has 1 unspecified atom stereocenters. The van der Waals surface area contributed by atoms with E-state index in [1.807, 2.05) is 20.8 Å². The maximum absolute atomic E-state index is 12.1. The van der Waals surface area contributed by atoms with Crippen molar-refractivity contribution in [2.75, 3.05) is 26.4 Å². The summed E-state index contributed by atoms with van der Waals surface area (Å²) in [6, 6.07) is 0.875. The van der Waals surface area contributed by atoms with Gasteiger partial charge in [-0.3, -0.25) is 4.79 Å². The van der Waals surface area contributed by atoms with Gasteiger partial charge in [-0.25, -0.2) is 0 Å². The Bertz CT molecular complexity index is 240. The predicted octanol–water partition coefficient (Wildman–Crippen LogP) is 0.525. The Kier molecular flexibility index (Phi) is 7.49. The lowest BCUT2D eigenvalue weighted by molar-refractivity contribution is -0.187. The Morgan fingerprint density at radius 2 is 1.89 bits per heavy atom. The highest BCUT2D eigenvalue weighted by Gasteiger charge is 2.37. The summed E-state index contributed by atoms with van der Waals surface area (Å²) in [5.41, 5.74) is 0. The van der Waals surface area contributed by atoms with Gasteiger partial charge in [0.2, 0.25) is 0 Å². The third-order valence-electron chi connectivity index (χ3n) is 2.98. The monoisotopic (exact) mass is 275 g/mol.